The summed E-state index contributed by atoms with van der Waals surface area (Å²) in [7, 11) is 0. The number of alkyl halides is 2. The number of aryl methyl sites for hydroxylation is 1. The van der Waals surface area contributed by atoms with Crippen LogP contribution in [0.4, 0.5) is 14.7 Å². The van der Waals surface area contributed by atoms with E-state index in [4.69, 9.17) is 4.74 Å². The molecule has 0 bridgehead atoms. The van der Waals surface area contributed by atoms with Crippen LogP contribution >= 0.6 is 0 Å². The van der Waals surface area contributed by atoms with E-state index in [9.17, 15) is 18.7 Å². The van der Waals surface area contributed by atoms with Crippen molar-refractivity contribution < 1.29 is 23.4 Å². The topological polar surface area (TPSA) is 92.9 Å². The SMILES string of the molecule is Cc1nc2ccc(-c3cnc(N4CCC[C@H](C(=O)O)C4)nc3)cn2c1Cc1ccccc1OC(F)F. The molecular weight excluding hydrogens is 468 g/mol. The standard InChI is InChI=1S/C26H25F2N5O3/c1-16-21(11-17-5-2-3-7-22(17)36-25(27)28)33-15-18(8-9-23(33)31-16)20-12-29-26(30-13-20)32-10-4-6-19(14-32)24(34)35/h2-3,5,7-9,12-13,15,19,25H,4,6,10-11,14H2,1H3,(H,34,35)/t19-/m0/s1. The van der Waals surface area contributed by atoms with Crippen molar-refractivity contribution in [2.24, 2.45) is 5.92 Å². The first-order valence-corrected chi connectivity index (χ1v) is 11.7. The number of carboxylic acids is 1. The first-order chi connectivity index (χ1) is 17.4. The Morgan fingerprint density at radius 3 is 2.69 bits per heavy atom. The second kappa shape index (κ2) is 9.88. The van der Waals surface area contributed by atoms with Gasteiger partial charge in [-0.05, 0) is 38.0 Å². The molecule has 1 N–H and O–H groups in total. The first kappa shape index (κ1) is 23.7. The van der Waals surface area contributed by atoms with Crippen LogP contribution in [0.15, 0.2) is 55.0 Å². The van der Waals surface area contributed by atoms with Crippen molar-refractivity contribution in [1.29, 1.82) is 0 Å². The molecule has 1 saturated heterocycles. The van der Waals surface area contributed by atoms with Gasteiger partial charge in [-0.2, -0.15) is 8.78 Å². The van der Waals surface area contributed by atoms with Crippen molar-refractivity contribution in [2.75, 3.05) is 18.0 Å². The molecule has 0 saturated carbocycles. The summed E-state index contributed by atoms with van der Waals surface area (Å²) in [5.74, 6) is -0.548. The molecular formula is C26H25F2N5O3. The van der Waals surface area contributed by atoms with Crippen LogP contribution in [0.2, 0.25) is 0 Å². The number of benzene rings is 1. The van der Waals surface area contributed by atoms with Crippen LogP contribution in [-0.2, 0) is 11.2 Å². The fraction of sp³-hybridized carbons (Fsp3) is 0.308. The smallest absolute Gasteiger partial charge is 0.387 e. The van der Waals surface area contributed by atoms with E-state index in [0.29, 0.717) is 30.9 Å². The van der Waals surface area contributed by atoms with E-state index in [1.54, 1.807) is 30.6 Å². The lowest BCUT2D eigenvalue weighted by molar-refractivity contribution is -0.141. The Balaban J connectivity index is 1.42. The molecule has 1 atom stereocenters. The van der Waals surface area contributed by atoms with Crippen LogP contribution in [0.25, 0.3) is 16.8 Å². The predicted octanol–water partition coefficient (Wildman–Crippen LogP) is 4.59. The third-order valence-electron chi connectivity index (χ3n) is 6.49. The minimum absolute atomic E-state index is 0.143. The summed E-state index contributed by atoms with van der Waals surface area (Å²) in [5.41, 5.74) is 4.70. The lowest BCUT2D eigenvalue weighted by Gasteiger charge is -2.30. The zero-order valence-corrected chi connectivity index (χ0v) is 19.6. The number of halogens is 2. The van der Waals surface area contributed by atoms with Crippen molar-refractivity contribution in [3.63, 3.8) is 0 Å². The minimum Gasteiger partial charge on any atom is -0.481 e. The third-order valence-corrected chi connectivity index (χ3v) is 6.49. The van der Waals surface area contributed by atoms with Gasteiger partial charge in [0.1, 0.15) is 11.4 Å². The number of para-hydroxylation sites is 1. The number of ether oxygens (including phenoxy) is 1. The molecule has 5 rings (SSSR count). The summed E-state index contributed by atoms with van der Waals surface area (Å²) >= 11 is 0. The molecule has 1 fully saturated rings. The second-order valence-corrected chi connectivity index (χ2v) is 8.85. The molecule has 0 aliphatic carbocycles. The number of aromatic nitrogens is 4. The largest absolute Gasteiger partial charge is 0.481 e. The Morgan fingerprint density at radius 1 is 1.17 bits per heavy atom. The molecule has 1 aliphatic rings. The number of nitrogens with zero attached hydrogens (tertiary/aromatic N) is 5. The van der Waals surface area contributed by atoms with Crippen molar-refractivity contribution in [1.82, 2.24) is 19.4 Å². The molecule has 3 aromatic heterocycles. The lowest BCUT2D eigenvalue weighted by Crippen LogP contribution is -2.39. The molecule has 0 amide bonds. The average molecular weight is 494 g/mol. The summed E-state index contributed by atoms with van der Waals surface area (Å²) < 4.78 is 32.4. The van der Waals surface area contributed by atoms with Gasteiger partial charge in [-0.1, -0.05) is 18.2 Å². The maximum atomic E-state index is 12.9. The fourth-order valence-electron chi connectivity index (χ4n) is 4.63. The highest BCUT2D eigenvalue weighted by Gasteiger charge is 2.26. The van der Waals surface area contributed by atoms with E-state index in [1.807, 2.05) is 34.6 Å². The van der Waals surface area contributed by atoms with E-state index >= 15 is 0 Å². The zero-order chi connectivity index (χ0) is 25.2. The highest BCUT2D eigenvalue weighted by Crippen LogP contribution is 2.27. The van der Waals surface area contributed by atoms with Crippen LogP contribution in [0.1, 0.15) is 29.8 Å². The number of carboxylic acid groups (broad SMARTS) is 1. The normalized spacial score (nSPS) is 16.0. The number of carbonyl (C=O) groups is 1. The quantitative estimate of drug-likeness (QED) is 0.402. The predicted molar refractivity (Wildman–Crippen MR) is 129 cm³/mol. The summed E-state index contributed by atoms with van der Waals surface area (Å²) in [6.45, 7) is 0.113. The molecule has 4 aromatic rings. The van der Waals surface area contributed by atoms with Crippen LogP contribution < -0.4 is 9.64 Å². The number of piperidine rings is 1. The van der Waals surface area contributed by atoms with Gasteiger partial charge in [0.25, 0.3) is 0 Å². The molecule has 0 radical (unpaired) electrons. The molecule has 186 valence electrons. The van der Waals surface area contributed by atoms with Gasteiger partial charge in [0.2, 0.25) is 5.95 Å². The van der Waals surface area contributed by atoms with Crippen molar-refractivity contribution in [2.45, 2.75) is 32.8 Å². The van der Waals surface area contributed by atoms with Gasteiger partial charge < -0.3 is 19.1 Å². The molecule has 8 nitrogen and oxygen atoms in total. The maximum Gasteiger partial charge on any atom is 0.387 e. The van der Waals surface area contributed by atoms with Crippen LogP contribution in [-0.4, -0.2) is 50.1 Å². The molecule has 0 spiro atoms. The maximum absolute atomic E-state index is 12.9. The number of fused-ring (bicyclic) bond motifs is 1. The van der Waals surface area contributed by atoms with Crippen molar-refractivity contribution in [3.05, 3.63) is 71.9 Å². The highest BCUT2D eigenvalue weighted by molar-refractivity contribution is 5.71. The lowest BCUT2D eigenvalue weighted by atomic mass is 9.99. The number of rotatable bonds is 7. The van der Waals surface area contributed by atoms with Crippen LogP contribution in [0, 0.1) is 12.8 Å². The minimum atomic E-state index is -2.90. The third kappa shape index (κ3) is 4.84. The van der Waals surface area contributed by atoms with Gasteiger partial charge in [-0.15, -0.1) is 0 Å². The van der Waals surface area contributed by atoms with Crippen molar-refractivity contribution >= 4 is 17.6 Å². The van der Waals surface area contributed by atoms with Gasteiger partial charge in [0, 0.05) is 60.5 Å². The molecule has 1 aromatic carbocycles. The monoisotopic (exact) mass is 493 g/mol. The van der Waals surface area contributed by atoms with Gasteiger partial charge in [-0.3, -0.25) is 4.79 Å². The zero-order valence-electron chi connectivity index (χ0n) is 19.6. The van der Waals surface area contributed by atoms with E-state index < -0.39 is 18.5 Å². The molecule has 4 heterocycles. The van der Waals surface area contributed by atoms with E-state index in [1.165, 1.54) is 6.07 Å². The van der Waals surface area contributed by atoms with Gasteiger partial charge >= 0.3 is 12.6 Å². The second-order valence-electron chi connectivity index (χ2n) is 8.85. The number of pyridine rings is 1. The number of anilines is 1. The molecule has 0 unspecified atom stereocenters. The molecule has 36 heavy (non-hydrogen) atoms. The number of imidazole rings is 1. The number of aliphatic carboxylic acids is 1. The summed E-state index contributed by atoms with van der Waals surface area (Å²) in [5, 5.41) is 9.34. The van der Waals surface area contributed by atoms with Crippen LogP contribution in [0.3, 0.4) is 0 Å². The summed E-state index contributed by atoms with van der Waals surface area (Å²) in [6.07, 6.45) is 7.20. The van der Waals surface area contributed by atoms with E-state index in [0.717, 1.165) is 41.1 Å². The Labute approximate surface area is 206 Å². The van der Waals surface area contributed by atoms with Gasteiger partial charge in [0.15, 0.2) is 0 Å². The van der Waals surface area contributed by atoms with E-state index in [2.05, 4.69) is 15.0 Å². The van der Waals surface area contributed by atoms with Crippen LogP contribution in [0.5, 0.6) is 5.75 Å². The van der Waals surface area contributed by atoms with Gasteiger partial charge in [-0.25, -0.2) is 15.0 Å². The Hall–Kier alpha value is -4.08. The van der Waals surface area contributed by atoms with Crippen molar-refractivity contribution in [3.8, 4) is 16.9 Å². The first-order valence-electron chi connectivity index (χ1n) is 11.7. The Morgan fingerprint density at radius 2 is 1.94 bits per heavy atom. The summed E-state index contributed by atoms with van der Waals surface area (Å²) in [4.78, 5) is 26.9. The van der Waals surface area contributed by atoms with Gasteiger partial charge in [0.05, 0.1) is 11.6 Å². The number of hydrogen-bond donors (Lipinski definition) is 1. The highest BCUT2D eigenvalue weighted by atomic mass is 19.3. The number of hydrogen-bond acceptors (Lipinski definition) is 6. The Bertz CT molecular complexity index is 1390. The van der Waals surface area contributed by atoms with E-state index in [-0.39, 0.29) is 5.75 Å². The summed E-state index contributed by atoms with van der Waals surface area (Å²) in [6, 6.07) is 10.6. The molecule has 1 aliphatic heterocycles. The Kier molecular flexibility index (Phi) is 6.49. The average Bonchev–Trinajstić information content (AvgIpc) is 3.19. The fourth-order valence-corrected chi connectivity index (χ4v) is 4.63. The molecule has 10 heteroatoms.